The van der Waals surface area contributed by atoms with Crippen molar-refractivity contribution in [1.29, 1.82) is 0 Å². The van der Waals surface area contributed by atoms with Crippen molar-refractivity contribution in [2.45, 2.75) is 84.2 Å². The number of esters is 2. The van der Waals surface area contributed by atoms with E-state index in [0.29, 0.717) is 12.5 Å². The average molecular weight is 405 g/mol. The molecule has 0 aromatic heterocycles. The number of rotatable bonds is 10. The van der Waals surface area contributed by atoms with Crippen molar-refractivity contribution in [2.24, 2.45) is 5.41 Å². The van der Waals surface area contributed by atoms with Gasteiger partial charge in [0.05, 0.1) is 13.7 Å². The van der Waals surface area contributed by atoms with Gasteiger partial charge in [0, 0.05) is 0 Å². The van der Waals surface area contributed by atoms with E-state index in [1.807, 2.05) is 12.1 Å². The fraction of sp³-hybridized carbons (Fsp3) is 0.667. The quantitative estimate of drug-likeness (QED) is 0.296. The zero-order chi connectivity index (χ0) is 21.3. The Bertz CT molecular complexity index is 642. The lowest BCUT2D eigenvalue weighted by molar-refractivity contribution is -0.174. The SMILES string of the molecule is CCCCCCOC(=O)C(C)(C)C(=O)OC1CCC(c2ccc(OC)cc2)CC1. The van der Waals surface area contributed by atoms with Crippen LogP contribution in [0, 0.1) is 5.41 Å². The van der Waals surface area contributed by atoms with Crippen LogP contribution in [0.15, 0.2) is 24.3 Å². The van der Waals surface area contributed by atoms with Crippen LogP contribution in [-0.2, 0) is 19.1 Å². The van der Waals surface area contributed by atoms with Crippen LogP contribution in [0.1, 0.15) is 83.6 Å². The molecule has 5 nitrogen and oxygen atoms in total. The third-order valence-corrected chi connectivity index (χ3v) is 5.79. The number of hydrogen-bond acceptors (Lipinski definition) is 5. The molecule has 0 saturated heterocycles. The molecule has 1 aliphatic carbocycles. The number of carbonyl (C=O) groups is 2. The molecule has 0 spiro atoms. The van der Waals surface area contributed by atoms with Gasteiger partial charge in [-0.15, -0.1) is 0 Å². The number of ether oxygens (including phenoxy) is 3. The molecule has 1 fully saturated rings. The molecule has 0 heterocycles. The van der Waals surface area contributed by atoms with Crippen LogP contribution in [-0.4, -0.2) is 31.8 Å². The minimum Gasteiger partial charge on any atom is -0.497 e. The minimum absolute atomic E-state index is 0.131. The van der Waals surface area contributed by atoms with Gasteiger partial charge in [-0.25, -0.2) is 0 Å². The summed E-state index contributed by atoms with van der Waals surface area (Å²) in [6.07, 6.45) is 7.54. The number of benzene rings is 1. The second kappa shape index (κ2) is 11.2. The maximum Gasteiger partial charge on any atom is 0.323 e. The van der Waals surface area contributed by atoms with E-state index < -0.39 is 17.4 Å². The van der Waals surface area contributed by atoms with Gasteiger partial charge in [-0.1, -0.05) is 38.3 Å². The molecule has 0 bridgehead atoms. The number of carbonyl (C=O) groups excluding carboxylic acids is 2. The van der Waals surface area contributed by atoms with E-state index in [4.69, 9.17) is 14.2 Å². The molecule has 2 rings (SSSR count). The summed E-state index contributed by atoms with van der Waals surface area (Å²) in [6.45, 7) is 5.68. The Hall–Kier alpha value is -2.04. The predicted octanol–water partition coefficient (Wildman–Crippen LogP) is 5.41. The van der Waals surface area contributed by atoms with Crippen molar-refractivity contribution in [3.63, 3.8) is 0 Å². The minimum atomic E-state index is -1.27. The molecule has 0 atom stereocenters. The van der Waals surface area contributed by atoms with Crippen LogP contribution in [0.3, 0.4) is 0 Å². The highest BCUT2D eigenvalue weighted by molar-refractivity contribution is 5.99. The average Bonchev–Trinajstić information content (AvgIpc) is 2.74. The van der Waals surface area contributed by atoms with Gasteiger partial charge in [-0.2, -0.15) is 0 Å². The van der Waals surface area contributed by atoms with E-state index in [1.54, 1.807) is 21.0 Å². The van der Waals surface area contributed by atoms with Crippen molar-refractivity contribution in [1.82, 2.24) is 0 Å². The number of methoxy groups -OCH3 is 1. The Labute approximate surface area is 175 Å². The van der Waals surface area contributed by atoms with Gasteiger partial charge in [-0.05, 0) is 69.6 Å². The lowest BCUT2D eigenvalue weighted by Gasteiger charge is -2.31. The van der Waals surface area contributed by atoms with E-state index in [2.05, 4.69) is 19.1 Å². The molecular formula is C24H36O5. The van der Waals surface area contributed by atoms with Crippen LogP contribution in [0.4, 0.5) is 0 Å². The highest BCUT2D eigenvalue weighted by Gasteiger charge is 2.41. The smallest absolute Gasteiger partial charge is 0.323 e. The van der Waals surface area contributed by atoms with Gasteiger partial charge in [0.25, 0.3) is 0 Å². The zero-order valence-electron chi connectivity index (χ0n) is 18.4. The Morgan fingerprint density at radius 2 is 1.62 bits per heavy atom. The third kappa shape index (κ3) is 6.76. The van der Waals surface area contributed by atoms with Crippen LogP contribution in [0.2, 0.25) is 0 Å². The second-order valence-corrected chi connectivity index (χ2v) is 8.47. The van der Waals surface area contributed by atoms with E-state index >= 15 is 0 Å². The van der Waals surface area contributed by atoms with Crippen molar-refractivity contribution in [2.75, 3.05) is 13.7 Å². The second-order valence-electron chi connectivity index (χ2n) is 8.47. The fourth-order valence-electron chi connectivity index (χ4n) is 3.65. The number of unbranched alkanes of at least 4 members (excludes halogenated alkanes) is 3. The molecule has 1 aromatic carbocycles. The van der Waals surface area contributed by atoms with Crippen LogP contribution in [0.5, 0.6) is 5.75 Å². The highest BCUT2D eigenvalue weighted by Crippen LogP contribution is 2.35. The van der Waals surface area contributed by atoms with E-state index in [-0.39, 0.29) is 6.10 Å². The van der Waals surface area contributed by atoms with Crippen molar-refractivity contribution in [3.8, 4) is 5.75 Å². The highest BCUT2D eigenvalue weighted by atomic mass is 16.6. The van der Waals surface area contributed by atoms with Crippen LogP contribution in [0.25, 0.3) is 0 Å². The summed E-state index contributed by atoms with van der Waals surface area (Å²) in [5.74, 6) is 0.350. The van der Waals surface area contributed by atoms with Gasteiger partial charge < -0.3 is 14.2 Å². The first-order valence-electron chi connectivity index (χ1n) is 10.9. The molecule has 0 radical (unpaired) electrons. The summed E-state index contributed by atoms with van der Waals surface area (Å²) in [4.78, 5) is 24.9. The molecule has 1 aliphatic rings. The summed E-state index contributed by atoms with van der Waals surface area (Å²) in [7, 11) is 1.66. The van der Waals surface area contributed by atoms with E-state index in [0.717, 1.165) is 57.1 Å². The number of hydrogen-bond donors (Lipinski definition) is 0. The van der Waals surface area contributed by atoms with Crippen LogP contribution >= 0.6 is 0 Å². The maximum absolute atomic E-state index is 12.6. The Morgan fingerprint density at radius 3 is 2.21 bits per heavy atom. The molecule has 0 aliphatic heterocycles. The summed E-state index contributed by atoms with van der Waals surface area (Å²) >= 11 is 0. The molecule has 0 unspecified atom stereocenters. The van der Waals surface area contributed by atoms with Gasteiger partial charge in [0.2, 0.25) is 0 Å². The summed E-state index contributed by atoms with van der Waals surface area (Å²) in [6, 6.07) is 8.18. The van der Waals surface area contributed by atoms with E-state index in [9.17, 15) is 9.59 Å². The first-order chi connectivity index (χ1) is 13.9. The molecule has 29 heavy (non-hydrogen) atoms. The monoisotopic (exact) mass is 404 g/mol. The van der Waals surface area contributed by atoms with E-state index in [1.165, 1.54) is 5.56 Å². The van der Waals surface area contributed by atoms with Gasteiger partial charge >= 0.3 is 11.9 Å². The lowest BCUT2D eigenvalue weighted by atomic mass is 9.82. The predicted molar refractivity (Wildman–Crippen MR) is 113 cm³/mol. The van der Waals surface area contributed by atoms with Gasteiger partial charge in [-0.3, -0.25) is 9.59 Å². The Morgan fingerprint density at radius 1 is 0.966 bits per heavy atom. The molecular weight excluding hydrogens is 368 g/mol. The molecule has 1 saturated carbocycles. The standard InChI is InChI=1S/C24H36O5/c1-5-6-7-8-17-28-22(25)24(2,3)23(26)29-21-15-11-19(12-16-21)18-9-13-20(27-4)14-10-18/h9-10,13-14,19,21H,5-8,11-12,15-17H2,1-4H3. The fourth-order valence-corrected chi connectivity index (χ4v) is 3.65. The molecule has 0 N–H and O–H groups in total. The molecule has 0 amide bonds. The van der Waals surface area contributed by atoms with Gasteiger partial charge in [0.15, 0.2) is 5.41 Å². The largest absolute Gasteiger partial charge is 0.497 e. The summed E-state index contributed by atoms with van der Waals surface area (Å²) in [5, 5.41) is 0. The zero-order valence-corrected chi connectivity index (χ0v) is 18.4. The van der Waals surface area contributed by atoms with Crippen molar-refractivity contribution < 1.29 is 23.8 Å². The van der Waals surface area contributed by atoms with Crippen molar-refractivity contribution >= 4 is 11.9 Å². The summed E-state index contributed by atoms with van der Waals surface area (Å²) < 4.78 is 16.2. The van der Waals surface area contributed by atoms with Crippen LogP contribution < -0.4 is 4.74 Å². The third-order valence-electron chi connectivity index (χ3n) is 5.79. The van der Waals surface area contributed by atoms with Crippen molar-refractivity contribution in [3.05, 3.63) is 29.8 Å². The topological polar surface area (TPSA) is 61.8 Å². The first kappa shape index (κ1) is 23.2. The Kier molecular flexibility index (Phi) is 8.99. The molecule has 5 heteroatoms. The lowest BCUT2D eigenvalue weighted by Crippen LogP contribution is -2.39. The Balaban J connectivity index is 1.77. The molecule has 1 aromatic rings. The normalized spacial score (nSPS) is 19.4. The summed E-state index contributed by atoms with van der Waals surface area (Å²) in [5.41, 5.74) is 0.0278. The van der Waals surface area contributed by atoms with Gasteiger partial charge in [0.1, 0.15) is 11.9 Å². The molecule has 162 valence electrons. The maximum atomic E-state index is 12.6. The first-order valence-corrected chi connectivity index (χ1v) is 10.9.